The van der Waals surface area contributed by atoms with Crippen LogP contribution in [0.25, 0.3) is 0 Å². The minimum atomic E-state index is -0.355. The number of anilines is 1. The zero-order valence-electron chi connectivity index (χ0n) is 7.17. The van der Waals surface area contributed by atoms with Crippen molar-refractivity contribution in [2.24, 2.45) is 0 Å². The Balaban J connectivity index is 0. The van der Waals surface area contributed by atoms with Crippen molar-refractivity contribution in [3.8, 4) is 0 Å². The van der Waals surface area contributed by atoms with Gasteiger partial charge in [-0.05, 0) is 18.2 Å². The van der Waals surface area contributed by atoms with Crippen molar-refractivity contribution in [2.75, 3.05) is 5.32 Å². The molecule has 0 aliphatic rings. The predicted octanol–water partition coefficient (Wildman–Crippen LogP) is 2.67. The molecular weight excluding hydrogens is 157 g/mol. The van der Waals surface area contributed by atoms with Gasteiger partial charge in [0.15, 0.2) is 0 Å². The molecule has 0 saturated heterocycles. The maximum Gasteiger partial charge on any atom is 0.211 e. The molecule has 1 N–H and O–H groups in total. The number of hydrogen-bond donors (Lipinski definition) is 1. The molecule has 0 radical (unpaired) electrons. The molecule has 0 aliphatic carbocycles. The summed E-state index contributed by atoms with van der Waals surface area (Å²) in [6.07, 6.45) is 0.509. The normalized spacial score (nSPS) is 7.92. The summed E-state index contributed by atoms with van der Waals surface area (Å²) in [5, 5.41) is 2.33. The van der Waals surface area contributed by atoms with Crippen LogP contribution in [-0.2, 0) is 4.79 Å². The maximum absolute atomic E-state index is 12.3. The van der Waals surface area contributed by atoms with E-state index in [0.717, 1.165) is 0 Å². The molecule has 0 heterocycles. The lowest BCUT2D eigenvalue weighted by molar-refractivity contribution is -0.105. The van der Waals surface area contributed by atoms with Crippen LogP contribution in [0.4, 0.5) is 10.1 Å². The quantitative estimate of drug-likeness (QED) is 0.681. The van der Waals surface area contributed by atoms with Crippen LogP contribution in [0.5, 0.6) is 0 Å². The first-order valence-corrected chi connectivity index (χ1v) is 3.78. The minimum Gasteiger partial charge on any atom is -0.329 e. The van der Waals surface area contributed by atoms with Crippen molar-refractivity contribution in [1.82, 2.24) is 0 Å². The molecule has 2 nitrogen and oxygen atoms in total. The third-order valence-electron chi connectivity index (χ3n) is 1.05. The third kappa shape index (κ3) is 3.71. The number of hydrogen-bond acceptors (Lipinski definition) is 1. The number of halogens is 1. The first-order chi connectivity index (χ1) is 5.83. The lowest BCUT2D eigenvalue weighted by Gasteiger charge is -1.95. The molecule has 1 rings (SSSR count). The summed E-state index contributed by atoms with van der Waals surface area (Å²) < 4.78 is 12.3. The number of nitrogens with one attached hydrogen (secondary N) is 1. The van der Waals surface area contributed by atoms with Gasteiger partial charge in [-0.2, -0.15) is 0 Å². The van der Waals surface area contributed by atoms with Gasteiger partial charge in [-0.1, -0.05) is 19.9 Å². The molecule has 12 heavy (non-hydrogen) atoms. The summed E-state index contributed by atoms with van der Waals surface area (Å²) in [5.41, 5.74) is 0.468. The predicted molar refractivity (Wildman–Crippen MR) is 49.5 cm³/mol. The van der Waals surface area contributed by atoms with Gasteiger partial charge in [0.1, 0.15) is 5.82 Å². The molecule has 3 heteroatoms. The fourth-order valence-corrected chi connectivity index (χ4v) is 0.646. The second-order valence-electron chi connectivity index (χ2n) is 1.77. The molecule has 68 valence electrons. The zero-order chi connectivity index (χ0) is 9.40. The molecule has 1 aromatic rings. The van der Waals surface area contributed by atoms with Crippen LogP contribution in [0.15, 0.2) is 24.3 Å². The topological polar surface area (TPSA) is 29.1 Å². The molecule has 0 aromatic heterocycles. The Morgan fingerprint density at radius 1 is 1.50 bits per heavy atom. The van der Waals surface area contributed by atoms with Gasteiger partial charge in [0.2, 0.25) is 6.41 Å². The molecule has 0 aliphatic heterocycles. The van der Waals surface area contributed by atoms with E-state index in [0.29, 0.717) is 12.1 Å². The van der Waals surface area contributed by atoms with Gasteiger partial charge < -0.3 is 5.32 Å². The van der Waals surface area contributed by atoms with Gasteiger partial charge in [-0.25, -0.2) is 4.39 Å². The van der Waals surface area contributed by atoms with Gasteiger partial charge in [0, 0.05) is 7.11 Å². The molecule has 0 fully saturated rings. The molecule has 0 saturated carbocycles. The van der Waals surface area contributed by atoms with Crippen molar-refractivity contribution in [3.63, 3.8) is 0 Å². The highest BCUT2D eigenvalue weighted by atomic mass is 19.1. The number of benzene rings is 1. The smallest absolute Gasteiger partial charge is 0.211 e. The second-order valence-corrected chi connectivity index (χ2v) is 1.77. The van der Waals surface area contributed by atoms with Crippen LogP contribution in [0.3, 0.4) is 0 Å². The summed E-state index contributed by atoms with van der Waals surface area (Å²) in [7, 11) is 0. The minimum absolute atomic E-state index is 0. The molecule has 0 bridgehead atoms. The fraction of sp³-hybridized carbons (Fsp3) is 0.222. The van der Waals surface area contributed by atoms with Gasteiger partial charge in [0.05, 0.1) is 0 Å². The van der Waals surface area contributed by atoms with E-state index in [1.54, 1.807) is 6.07 Å². The van der Waals surface area contributed by atoms with Gasteiger partial charge in [0.25, 0.3) is 0 Å². The summed E-state index contributed by atoms with van der Waals surface area (Å²) in [6, 6.07) is 5.70. The first-order valence-electron chi connectivity index (χ1n) is 3.78. The van der Waals surface area contributed by atoms with E-state index >= 15 is 0 Å². The van der Waals surface area contributed by atoms with E-state index in [-0.39, 0.29) is 7.24 Å². The van der Waals surface area contributed by atoms with Crippen LogP contribution >= 0.6 is 0 Å². The van der Waals surface area contributed by atoms with Gasteiger partial charge in [-0.3, -0.25) is 4.79 Å². The van der Waals surface area contributed by atoms with Crippen LogP contribution < -0.4 is 5.32 Å². The van der Waals surface area contributed by atoms with Crippen molar-refractivity contribution in [2.45, 2.75) is 13.8 Å². The van der Waals surface area contributed by atoms with Crippen molar-refractivity contribution >= 4 is 12.1 Å². The van der Waals surface area contributed by atoms with Gasteiger partial charge in [-0.15, -0.1) is 0 Å². The molecule has 1 amide bonds. The molecule has 0 spiro atoms. The van der Waals surface area contributed by atoms with E-state index < -0.39 is 0 Å². The molecule has 0 unspecified atom stereocenters. The average molecular weight is 171 g/mol. The van der Waals surface area contributed by atoms with Crippen LogP contribution in [0, 0.1) is 5.82 Å². The van der Waals surface area contributed by atoms with Crippen LogP contribution in [-0.4, -0.2) is 6.41 Å². The monoisotopic (exact) mass is 171 g/mol. The first kappa shape index (κ1) is 10.6. The Labute approximate surface area is 72.9 Å². The fourth-order valence-electron chi connectivity index (χ4n) is 0.646. The lowest BCUT2D eigenvalue weighted by Crippen LogP contribution is -1.92. The van der Waals surface area contributed by atoms with E-state index in [9.17, 15) is 9.18 Å². The van der Waals surface area contributed by atoms with Crippen molar-refractivity contribution < 1.29 is 10.6 Å². The van der Waals surface area contributed by atoms with E-state index in [2.05, 4.69) is 5.32 Å². The summed E-state index contributed by atoms with van der Waals surface area (Å²) in [5.74, 6) is -0.355. The summed E-state index contributed by atoms with van der Waals surface area (Å²) >= 11 is 0. The highest BCUT2D eigenvalue weighted by molar-refractivity contribution is 5.70. The number of carbonyl (C=O) groups is 1. The SMILES string of the molecule is CC.O=CNc1cccc(F)c1.[HH]. The van der Waals surface area contributed by atoms with Crippen molar-refractivity contribution in [3.05, 3.63) is 30.1 Å². The average Bonchev–Trinajstić information content (AvgIpc) is 2.09. The largest absolute Gasteiger partial charge is 0.329 e. The van der Waals surface area contributed by atoms with Gasteiger partial charge >= 0.3 is 0 Å². The van der Waals surface area contributed by atoms with E-state index in [1.807, 2.05) is 13.8 Å². The Kier molecular flexibility index (Phi) is 5.61. The Morgan fingerprint density at radius 3 is 2.67 bits per heavy atom. The Hall–Kier alpha value is -1.38. The number of carbonyl (C=O) groups excluding carboxylic acids is 1. The molecule has 1 aromatic carbocycles. The second kappa shape index (κ2) is 6.34. The number of rotatable bonds is 2. The highest BCUT2D eigenvalue weighted by Crippen LogP contribution is 2.06. The number of amides is 1. The highest BCUT2D eigenvalue weighted by Gasteiger charge is 1.90. The molecular formula is C9H14FNO. The third-order valence-corrected chi connectivity index (χ3v) is 1.05. The Bertz CT molecular complexity index is 243. The van der Waals surface area contributed by atoms with Crippen LogP contribution in [0.1, 0.15) is 15.3 Å². The van der Waals surface area contributed by atoms with Crippen molar-refractivity contribution in [1.29, 1.82) is 0 Å². The van der Waals surface area contributed by atoms with Crippen LogP contribution in [0.2, 0.25) is 0 Å². The Morgan fingerprint density at radius 2 is 2.17 bits per heavy atom. The maximum atomic E-state index is 12.3. The standard InChI is InChI=1S/C7H6FNO.C2H6.H2/c8-6-2-1-3-7(4-6)9-5-10;1-2;/h1-5H,(H,9,10);1-2H3;1H. The van der Waals surface area contributed by atoms with E-state index in [1.165, 1.54) is 18.2 Å². The summed E-state index contributed by atoms with van der Waals surface area (Å²) in [6.45, 7) is 4.00. The zero-order valence-corrected chi connectivity index (χ0v) is 7.17. The summed E-state index contributed by atoms with van der Waals surface area (Å²) in [4.78, 5) is 9.85. The van der Waals surface area contributed by atoms with E-state index in [4.69, 9.17) is 0 Å². The lowest BCUT2D eigenvalue weighted by atomic mass is 10.3. The molecule has 0 atom stereocenters.